The third-order valence-electron chi connectivity index (χ3n) is 7.32. The van der Waals surface area contributed by atoms with Gasteiger partial charge in [-0.2, -0.15) is 0 Å². The number of nitrogens with zero attached hydrogens (tertiary/aromatic N) is 4. The lowest BCUT2D eigenvalue weighted by Gasteiger charge is -2.27. The van der Waals surface area contributed by atoms with Crippen LogP contribution in [0.15, 0.2) is 102 Å². The van der Waals surface area contributed by atoms with E-state index in [1.807, 2.05) is 104 Å². The summed E-state index contributed by atoms with van der Waals surface area (Å²) in [6.45, 7) is 2.79. The highest BCUT2D eigenvalue weighted by Gasteiger charge is 2.52. The van der Waals surface area contributed by atoms with Crippen LogP contribution < -0.4 is 4.90 Å². The van der Waals surface area contributed by atoms with Crippen LogP contribution in [0.25, 0.3) is 0 Å². The first-order chi connectivity index (χ1) is 18.9. The zero-order chi connectivity index (χ0) is 27.4. The molecule has 0 saturated carbocycles. The Hall–Kier alpha value is -3.59. The predicted octanol–water partition coefficient (Wildman–Crippen LogP) is 5.18. The average molecular weight is 588 g/mol. The highest BCUT2D eigenvalue weighted by atomic mass is 79.9. The van der Waals surface area contributed by atoms with Crippen LogP contribution in [0, 0.1) is 5.92 Å². The number of hydrogen-bond donors (Lipinski definition) is 2. The number of carbonyl (C=O) groups is 1. The Bertz CT molecular complexity index is 1460. The van der Waals surface area contributed by atoms with Crippen molar-refractivity contribution in [2.24, 2.45) is 5.92 Å². The van der Waals surface area contributed by atoms with Gasteiger partial charge in [0, 0.05) is 28.7 Å². The lowest BCUT2D eigenvalue weighted by molar-refractivity contribution is -0.139. The van der Waals surface area contributed by atoms with E-state index < -0.39 is 11.5 Å². The Kier molecular flexibility index (Phi) is 8.07. The molecule has 1 aliphatic rings. The van der Waals surface area contributed by atoms with Crippen molar-refractivity contribution in [3.05, 3.63) is 124 Å². The minimum Gasteiger partial charge on any atom is -0.395 e. The Morgan fingerprint density at radius 2 is 1.77 bits per heavy atom. The van der Waals surface area contributed by atoms with Gasteiger partial charge in [-0.25, -0.2) is 0 Å². The van der Waals surface area contributed by atoms with E-state index in [9.17, 15) is 15.0 Å². The van der Waals surface area contributed by atoms with Crippen molar-refractivity contribution < 1.29 is 15.0 Å². The number of amides is 1. The molecule has 0 bridgehead atoms. The molecule has 0 spiro atoms. The van der Waals surface area contributed by atoms with Crippen molar-refractivity contribution in [3.63, 3.8) is 0 Å². The van der Waals surface area contributed by atoms with Gasteiger partial charge in [0.05, 0.1) is 30.5 Å². The third kappa shape index (κ3) is 5.45. The van der Waals surface area contributed by atoms with E-state index in [1.165, 1.54) is 0 Å². The molecule has 8 heteroatoms. The topological polar surface area (TPSA) is 91.5 Å². The van der Waals surface area contributed by atoms with Crippen LogP contribution in [0.3, 0.4) is 0 Å². The second-order valence-electron chi connectivity index (χ2n) is 9.86. The van der Waals surface area contributed by atoms with Crippen molar-refractivity contribution in [2.45, 2.75) is 38.0 Å². The number of fused-ring (bicyclic) bond motifs is 1. The van der Waals surface area contributed by atoms with Crippen molar-refractivity contribution in [1.82, 2.24) is 15.0 Å². The number of benzene rings is 3. The molecule has 7 nitrogen and oxygen atoms in total. The number of aliphatic hydroxyl groups is 2. The molecule has 3 atom stereocenters. The van der Waals surface area contributed by atoms with E-state index in [0.717, 1.165) is 21.3 Å². The van der Waals surface area contributed by atoms with Gasteiger partial charge in [0.15, 0.2) is 5.60 Å². The summed E-state index contributed by atoms with van der Waals surface area (Å²) in [5.74, 6) is -1.01. The SMILES string of the molecule is C[C@@H](/C=C/CCn1cc(C(CO)c2ccccc2)nn1)[C@]1(O)C(=O)N(Cc2ccccc2)c2ccc(Br)cc21. The zero-order valence-electron chi connectivity index (χ0n) is 21.7. The van der Waals surface area contributed by atoms with Gasteiger partial charge < -0.3 is 15.1 Å². The molecule has 1 aromatic heterocycles. The number of hydrogen-bond acceptors (Lipinski definition) is 5. The Labute approximate surface area is 236 Å². The zero-order valence-corrected chi connectivity index (χ0v) is 23.3. The first kappa shape index (κ1) is 27.0. The van der Waals surface area contributed by atoms with Crippen molar-refractivity contribution in [1.29, 1.82) is 0 Å². The summed E-state index contributed by atoms with van der Waals surface area (Å²) < 4.78 is 2.56. The second-order valence-corrected chi connectivity index (χ2v) is 10.8. The molecule has 0 fully saturated rings. The molecule has 3 aromatic carbocycles. The van der Waals surface area contributed by atoms with Crippen LogP contribution in [0.2, 0.25) is 0 Å². The summed E-state index contributed by atoms with van der Waals surface area (Å²) in [6.07, 6.45) is 6.36. The van der Waals surface area contributed by atoms with Gasteiger partial charge in [-0.3, -0.25) is 9.48 Å². The first-order valence-electron chi connectivity index (χ1n) is 13.0. The normalized spacial score (nSPS) is 18.5. The minimum absolute atomic E-state index is 0.0500. The molecule has 2 N–H and O–H groups in total. The highest BCUT2D eigenvalue weighted by Crippen LogP contribution is 2.46. The summed E-state index contributed by atoms with van der Waals surface area (Å²) in [7, 11) is 0. The molecule has 0 radical (unpaired) electrons. The number of anilines is 1. The molecule has 5 rings (SSSR count). The Balaban J connectivity index is 1.28. The number of rotatable bonds is 10. The van der Waals surface area contributed by atoms with Crippen LogP contribution in [-0.2, 0) is 23.5 Å². The maximum atomic E-state index is 13.7. The largest absolute Gasteiger partial charge is 0.395 e. The molecule has 200 valence electrons. The monoisotopic (exact) mass is 586 g/mol. The van der Waals surface area contributed by atoms with Crippen LogP contribution in [0.1, 0.15) is 41.6 Å². The smallest absolute Gasteiger partial charge is 0.264 e. The van der Waals surface area contributed by atoms with Crippen LogP contribution in [0.4, 0.5) is 5.69 Å². The molecule has 1 aliphatic heterocycles. The van der Waals surface area contributed by atoms with Gasteiger partial charge in [-0.05, 0) is 35.7 Å². The van der Waals surface area contributed by atoms with Gasteiger partial charge in [0.1, 0.15) is 0 Å². The summed E-state index contributed by atoms with van der Waals surface area (Å²) in [5.41, 5.74) is 2.36. The fourth-order valence-electron chi connectivity index (χ4n) is 5.13. The van der Waals surface area contributed by atoms with Crippen LogP contribution in [-0.4, -0.2) is 37.7 Å². The molecule has 1 unspecified atom stereocenters. The summed E-state index contributed by atoms with van der Waals surface area (Å²) >= 11 is 3.50. The number of aryl methyl sites for hydroxylation is 1. The Morgan fingerprint density at radius 1 is 1.05 bits per heavy atom. The van der Waals surface area contributed by atoms with Gasteiger partial charge >= 0.3 is 0 Å². The fraction of sp³-hybridized carbons (Fsp3) is 0.258. The van der Waals surface area contributed by atoms with E-state index in [0.29, 0.717) is 30.8 Å². The van der Waals surface area contributed by atoms with Crippen LogP contribution >= 0.6 is 15.9 Å². The summed E-state index contributed by atoms with van der Waals surface area (Å²) in [6, 6.07) is 25.2. The van der Waals surface area contributed by atoms with E-state index >= 15 is 0 Å². The van der Waals surface area contributed by atoms with Crippen molar-refractivity contribution in [2.75, 3.05) is 11.5 Å². The number of carbonyl (C=O) groups excluding carboxylic acids is 1. The molecule has 2 heterocycles. The third-order valence-corrected chi connectivity index (χ3v) is 7.81. The molecule has 4 aromatic rings. The number of allylic oxidation sites excluding steroid dienone is 1. The number of aliphatic hydroxyl groups excluding tert-OH is 1. The quantitative estimate of drug-likeness (QED) is 0.250. The van der Waals surface area contributed by atoms with Gasteiger partial charge in [0.25, 0.3) is 5.91 Å². The van der Waals surface area contributed by atoms with E-state index in [4.69, 9.17) is 0 Å². The van der Waals surface area contributed by atoms with E-state index in [2.05, 4.69) is 26.2 Å². The summed E-state index contributed by atoms with van der Waals surface area (Å²) in [4.78, 5) is 15.4. The first-order valence-corrected chi connectivity index (χ1v) is 13.8. The molecule has 0 aliphatic carbocycles. The van der Waals surface area contributed by atoms with Crippen molar-refractivity contribution in [3.8, 4) is 0 Å². The number of aromatic nitrogens is 3. The molecular weight excluding hydrogens is 556 g/mol. The van der Waals surface area contributed by atoms with Crippen LogP contribution in [0.5, 0.6) is 0 Å². The second kappa shape index (κ2) is 11.7. The number of halogens is 1. The van der Waals surface area contributed by atoms with E-state index in [-0.39, 0.29) is 18.4 Å². The minimum atomic E-state index is -1.67. The lowest BCUT2D eigenvalue weighted by atomic mass is 9.83. The lowest BCUT2D eigenvalue weighted by Crippen LogP contribution is -2.44. The highest BCUT2D eigenvalue weighted by molar-refractivity contribution is 9.10. The summed E-state index contributed by atoms with van der Waals surface area (Å²) in [5, 5.41) is 30.3. The Morgan fingerprint density at radius 3 is 2.49 bits per heavy atom. The maximum absolute atomic E-state index is 13.7. The fourth-order valence-corrected chi connectivity index (χ4v) is 5.49. The molecule has 39 heavy (non-hydrogen) atoms. The average Bonchev–Trinajstić information content (AvgIpc) is 3.50. The van der Waals surface area contributed by atoms with Gasteiger partial charge in [0.2, 0.25) is 0 Å². The molecule has 1 amide bonds. The predicted molar refractivity (Wildman–Crippen MR) is 154 cm³/mol. The standard InChI is InChI=1S/C31H31BrN4O3/c1-22(10-8-9-17-35-20-28(33-34-35)26(21-37)24-13-6-3-7-14-24)31(39)27-18-25(32)15-16-29(27)36(30(31)38)19-23-11-4-2-5-12-23/h2-8,10-16,18,20,22,26,37,39H,9,17,19,21H2,1H3/b10-8+/t22-,26?,31+/m0/s1. The van der Waals surface area contributed by atoms with Gasteiger partial charge in [-0.15, -0.1) is 5.10 Å². The molecular formula is C31H31BrN4O3. The molecule has 0 saturated heterocycles. The maximum Gasteiger partial charge on any atom is 0.264 e. The van der Waals surface area contributed by atoms with E-state index in [1.54, 1.807) is 9.58 Å². The van der Waals surface area contributed by atoms with Gasteiger partial charge in [-0.1, -0.05) is 101 Å². The van der Waals surface area contributed by atoms with Crippen molar-refractivity contribution >= 4 is 27.5 Å².